The first-order chi connectivity index (χ1) is 17.6. The fourth-order valence-corrected chi connectivity index (χ4v) is 8.52. The minimum Gasteiger partial charge on any atom is -0.297 e. The molecule has 2 saturated heterocycles. The summed E-state index contributed by atoms with van der Waals surface area (Å²) in [6.07, 6.45) is -5.27. The van der Waals surface area contributed by atoms with Crippen LogP contribution in [-0.2, 0) is 23.1 Å². The molecule has 3 atom stereocenters. The van der Waals surface area contributed by atoms with E-state index in [-0.39, 0.29) is 50.9 Å². The average Bonchev–Trinajstić information content (AvgIpc) is 3.17. The second-order valence-electron chi connectivity index (χ2n) is 11.1. The van der Waals surface area contributed by atoms with Crippen molar-refractivity contribution in [2.45, 2.75) is 56.4 Å². The average molecular weight is 570 g/mol. The van der Waals surface area contributed by atoms with Gasteiger partial charge >= 0.3 is 12.4 Å². The lowest BCUT2D eigenvalue weighted by Gasteiger charge is -2.33. The summed E-state index contributed by atoms with van der Waals surface area (Å²) in [7, 11) is -4.27. The molecule has 212 valence electrons. The molecular formula is C25H30F7N3O2S. The maximum atomic E-state index is 14.8. The molecule has 0 unspecified atom stereocenters. The first-order valence-electron chi connectivity index (χ1n) is 12.8. The quantitative estimate of drug-likeness (QED) is 0.528. The summed E-state index contributed by atoms with van der Waals surface area (Å²) >= 11 is 0. The van der Waals surface area contributed by atoms with E-state index in [9.17, 15) is 39.2 Å². The Balaban J connectivity index is 1.29. The molecular weight excluding hydrogens is 539 g/mol. The van der Waals surface area contributed by atoms with Gasteiger partial charge in [-0.15, -0.1) is 0 Å². The summed E-state index contributed by atoms with van der Waals surface area (Å²) in [5, 5.41) is 0. The van der Waals surface area contributed by atoms with E-state index in [4.69, 9.17) is 0 Å². The lowest BCUT2D eigenvalue weighted by Crippen LogP contribution is -2.52. The molecule has 2 aliphatic heterocycles. The predicted molar refractivity (Wildman–Crippen MR) is 127 cm³/mol. The molecule has 4 aliphatic rings. The zero-order valence-corrected chi connectivity index (χ0v) is 21.4. The monoisotopic (exact) mass is 569 g/mol. The molecule has 38 heavy (non-hydrogen) atoms. The van der Waals surface area contributed by atoms with E-state index in [0.717, 1.165) is 11.1 Å². The van der Waals surface area contributed by atoms with Gasteiger partial charge in [0.2, 0.25) is 0 Å². The Labute approximate surface area is 217 Å². The van der Waals surface area contributed by atoms with Crippen molar-refractivity contribution in [2.24, 2.45) is 17.8 Å². The Morgan fingerprint density at radius 3 is 2.24 bits per heavy atom. The van der Waals surface area contributed by atoms with Crippen LogP contribution in [0, 0.1) is 17.8 Å². The van der Waals surface area contributed by atoms with Crippen LogP contribution in [0.5, 0.6) is 0 Å². The number of likely N-dealkylation sites (tertiary alicyclic amines) is 1. The van der Waals surface area contributed by atoms with Gasteiger partial charge in [0.15, 0.2) is 0 Å². The third-order valence-electron chi connectivity index (χ3n) is 8.68. The number of nitrogens with one attached hydrogen (secondary N) is 1. The van der Waals surface area contributed by atoms with E-state index >= 15 is 0 Å². The van der Waals surface area contributed by atoms with Crippen molar-refractivity contribution in [3.63, 3.8) is 0 Å². The first kappa shape index (κ1) is 27.9. The minimum absolute atomic E-state index is 0.0515. The lowest BCUT2D eigenvalue weighted by atomic mass is 9.79. The normalized spacial score (nSPS) is 31.1. The van der Waals surface area contributed by atoms with Crippen LogP contribution in [0.25, 0.3) is 6.08 Å². The molecule has 1 spiro atoms. The predicted octanol–water partition coefficient (Wildman–Crippen LogP) is 4.85. The third-order valence-corrected chi connectivity index (χ3v) is 10.3. The van der Waals surface area contributed by atoms with E-state index in [0.29, 0.717) is 35.6 Å². The fourth-order valence-electron chi connectivity index (χ4n) is 6.81. The van der Waals surface area contributed by atoms with Crippen molar-refractivity contribution in [3.05, 3.63) is 40.7 Å². The van der Waals surface area contributed by atoms with Crippen molar-refractivity contribution >= 4 is 16.3 Å². The van der Waals surface area contributed by atoms with Crippen LogP contribution in [0.1, 0.15) is 42.4 Å². The zero-order valence-electron chi connectivity index (χ0n) is 20.6. The Hall–Kier alpha value is -1.70. The van der Waals surface area contributed by atoms with Crippen molar-refractivity contribution in [1.82, 2.24) is 13.9 Å². The molecule has 1 N–H and O–H groups in total. The number of nitrogens with zero attached hydrogens (tertiary/aromatic N) is 2. The second kappa shape index (κ2) is 9.74. The number of hydrogen-bond acceptors (Lipinski definition) is 3. The molecule has 2 bridgehead atoms. The van der Waals surface area contributed by atoms with Crippen molar-refractivity contribution in [3.8, 4) is 0 Å². The number of benzene rings is 1. The smallest absolute Gasteiger partial charge is 0.297 e. The Kier molecular flexibility index (Phi) is 7.14. The van der Waals surface area contributed by atoms with E-state index in [1.54, 1.807) is 11.0 Å². The van der Waals surface area contributed by atoms with Crippen LogP contribution in [0.4, 0.5) is 30.7 Å². The summed E-state index contributed by atoms with van der Waals surface area (Å²) in [5.41, 5.74) is 1.49. The molecule has 1 aromatic rings. The maximum absolute atomic E-state index is 14.8. The van der Waals surface area contributed by atoms with Gasteiger partial charge in [0, 0.05) is 6.54 Å². The van der Waals surface area contributed by atoms with E-state index in [1.165, 1.54) is 6.08 Å². The Morgan fingerprint density at radius 2 is 1.63 bits per heavy atom. The highest BCUT2D eigenvalue weighted by Gasteiger charge is 2.60. The lowest BCUT2D eigenvalue weighted by molar-refractivity contribution is -0.184. The second-order valence-corrected chi connectivity index (χ2v) is 12.8. The zero-order chi connectivity index (χ0) is 27.5. The van der Waals surface area contributed by atoms with Gasteiger partial charge in [0.1, 0.15) is 12.4 Å². The summed E-state index contributed by atoms with van der Waals surface area (Å²) in [6, 6.07) is 5.43. The number of fused-ring (bicyclic) bond motifs is 1. The molecule has 0 aromatic heterocycles. The van der Waals surface area contributed by atoms with Gasteiger partial charge in [-0.3, -0.25) is 4.90 Å². The van der Waals surface area contributed by atoms with Crippen molar-refractivity contribution < 1.29 is 39.2 Å². The van der Waals surface area contributed by atoms with Gasteiger partial charge in [-0.2, -0.15) is 43.8 Å². The topological polar surface area (TPSA) is 52.7 Å². The van der Waals surface area contributed by atoms with Crippen molar-refractivity contribution in [1.29, 1.82) is 0 Å². The van der Waals surface area contributed by atoms with E-state index in [1.807, 2.05) is 12.1 Å². The van der Waals surface area contributed by atoms with Gasteiger partial charge in [-0.25, -0.2) is 4.39 Å². The van der Waals surface area contributed by atoms with Gasteiger partial charge in [-0.05, 0) is 86.2 Å². The number of alkyl halides is 6. The maximum Gasteiger partial charge on any atom is 0.402 e. The Morgan fingerprint density at radius 1 is 1.00 bits per heavy atom. The number of rotatable bonds is 4. The SMILES string of the molecule is O=S1(=O)N[C@@]2(CN1CC(F)(F)F)[C@@H]1CC[C@H]2Cc2ccc(/C=C(/F)CN3CCC(C(F)(F)F)CC3)cc2C1. The molecule has 0 amide bonds. The van der Waals surface area contributed by atoms with Crippen LogP contribution in [0.2, 0.25) is 0 Å². The largest absolute Gasteiger partial charge is 0.402 e. The number of hydrogen-bond donors (Lipinski definition) is 1. The molecule has 5 nitrogen and oxygen atoms in total. The molecule has 0 radical (unpaired) electrons. The summed E-state index contributed by atoms with van der Waals surface area (Å²) < 4.78 is 121. The minimum atomic E-state index is -4.65. The molecule has 1 saturated carbocycles. The first-order valence-corrected chi connectivity index (χ1v) is 14.2. The van der Waals surface area contributed by atoms with Crippen LogP contribution in [0.15, 0.2) is 24.0 Å². The molecule has 13 heteroatoms. The van der Waals surface area contributed by atoms with E-state index in [2.05, 4.69) is 4.72 Å². The molecule has 1 aromatic carbocycles. The molecule has 2 aliphatic carbocycles. The number of piperidine rings is 1. The third kappa shape index (κ3) is 5.62. The van der Waals surface area contributed by atoms with Crippen LogP contribution in [-0.4, -0.2) is 68.2 Å². The van der Waals surface area contributed by atoms with Crippen LogP contribution in [0.3, 0.4) is 0 Å². The highest BCUT2D eigenvalue weighted by molar-refractivity contribution is 7.87. The molecule has 3 fully saturated rings. The van der Waals surface area contributed by atoms with Gasteiger partial charge in [0.05, 0.1) is 18.0 Å². The summed E-state index contributed by atoms with van der Waals surface area (Å²) in [4.78, 5) is 1.67. The van der Waals surface area contributed by atoms with Gasteiger partial charge < -0.3 is 0 Å². The van der Waals surface area contributed by atoms with E-state index < -0.39 is 46.4 Å². The van der Waals surface area contributed by atoms with Crippen LogP contribution >= 0.6 is 0 Å². The Bertz CT molecular complexity index is 1190. The fraction of sp³-hybridized carbons (Fsp3) is 0.680. The molecule has 5 rings (SSSR count). The number of halogens is 7. The molecule has 2 heterocycles. The highest BCUT2D eigenvalue weighted by Crippen LogP contribution is 2.50. The summed E-state index contributed by atoms with van der Waals surface area (Å²) in [6.45, 7) is -1.50. The standard InChI is InChI=1S/C25H30F7N3O2S/c26-22(13-34-7-5-19(6-8-34)25(30,31)32)10-16-1-2-17-11-20-3-4-21(12-18(17)9-16)23(20)14-35(15-24(27,28)29)38(36,37)33-23/h1-2,9-10,19-21,33H,3-8,11-15H2/b22-10+/t20-,21+,23+/m0/s1. The van der Waals surface area contributed by atoms with Crippen molar-refractivity contribution in [2.75, 3.05) is 32.7 Å². The summed E-state index contributed by atoms with van der Waals surface area (Å²) in [5.74, 6) is -2.16. The highest BCUT2D eigenvalue weighted by atomic mass is 32.2. The van der Waals surface area contributed by atoms with Gasteiger partial charge in [-0.1, -0.05) is 18.2 Å². The van der Waals surface area contributed by atoms with Crippen LogP contribution < -0.4 is 4.72 Å². The van der Waals surface area contributed by atoms with Gasteiger partial charge in [0.25, 0.3) is 10.2 Å².